The van der Waals surface area contributed by atoms with Crippen molar-refractivity contribution in [2.24, 2.45) is 5.92 Å². The third-order valence-electron chi connectivity index (χ3n) is 3.97. The summed E-state index contributed by atoms with van der Waals surface area (Å²) in [6, 6.07) is 4.67. The molecule has 0 aliphatic carbocycles. The van der Waals surface area contributed by atoms with Crippen molar-refractivity contribution >= 4 is 11.6 Å². The average Bonchev–Trinajstić information content (AvgIpc) is 2.53. The molecule has 1 aliphatic heterocycles. The van der Waals surface area contributed by atoms with Crippen LogP contribution in [-0.4, -0.2) is 40.5 Å². The fourth-order valence-electron chi connectivity index (χ4n) is 2.75. The lowest BCUT2D eigenvalue weighted by molar-refractivity contribution is -0.385. The Morgan fingerprint density at radius 3 is 2.90 bits per heavy atom. The van der Waals surface area contributed by atoms with Crippen LogP contribution in [0.3, 0.4) is 0 Å². The van der Waals surface area contributed by atoms with E-state index in [4.69, 9.17) is 0 Å². The number of likely N-dealkylation sites (tertiary alicyclic amines) is 1. The van der Waals surface area contributed by atoms with Crippen LogP contribution in [0.2, 0.25) is 0 Å². The summed E-state index contributed by atoms with van der Waals surface area (Å²) in [5, 5.41) is 20.3. The molecule has 1 aromatic rings. The second-order valence-electron chi connectivity index (χ2n) is 5.40. The van der Waals surface area contributed by atoms with E-state index in [1.807, 2.05) is 6.92 Å². The molecule has 1 atom stereocenters. The molecule has 1 saturated heterocycles. The van der Waals surface area contributed by atoms with Crippen molar-refractivity contribution in [3.63, 3.8) is 0 Å². The van der Waals surface area contributed by atoms with Gasteiger partial charge in [-0.2, -0.15) is 0 Å². The van der Waals surface area contributed by atoms with Gasteiger partial charge in [0.2, 0.25) is 0 Å². The second-order valence-corrected chi connectivity index (χ2v) is 5.40. The van der Waals surface area contributed by atoms with Crippen LogP contribution in [0.25, 0.3) is 0 Å². The fraction of sp³-hybridized carbons (Fsp3) is 0.533. The van der Waals surface area contributed by atoms with E-state index in [9.17, 15) is 20.0 Å². The number of benzene rings is 1. The van der Waals surface area contributed by atoms with E-state index >= 15 is 0 Å². The number of carbonyl (C=O) groups excluding carboxylic acids is 1. The maximum Gasteiger partial charge on any atom is 0.273 e. The molecule has 1 aromatic carbocycles. The zero-order chi connectivity index (χ0) is 15.4. The summed E-state index contributed by atoms with van der Waals surface area (Å²) in [5.41, 5.74) is 0.972. The zero-order valence-electron chi connectivity index (χ0n) is 12.1. The van der Waals surface area contributed by atoms with Gasteiger partial charge in [-0.05, 0) is 31.2 Å². The van der Waals surface area contributed by atoms with Crippen LogP contribution < -0.4 is 0 Å². The van der Waals surface area contributed by atoms with E-state index in [0.717, 1.165) is 12.8 Å². The highest BCUT2D eigenvalue weighted by molar-refractivity contribution is 5.95. The first-order valence-electron chi connectivity index (χ1n) is 7.24. The van der Waals surface area contributed by atoms with Crippen molar-refractivity contribution in [3.05, 3.63) is 39.4 Å². The molecule has 21 heavy (non-hydrogen) atoms. The quantitative estimate of drug-likeness (QED) is 0.679. The molecule has 0 radical (unpaired) electrons. The van der Waals surface area contributed by atoms with E-state index in [1.165, 1.54) is 6.07 Å². The standard InChI is InChI=1S/C15H20N2O4/c1-2-12-5-6-13(8-14(12)17(20)21)15(19)16-7-3-4-11(9-16)10-18/h5-6,8,11,18H,2-4,7,9-10H2,1H3. The average molecular weight is 292 g/mol. The zero-order valence-corrected chi connectivity index (χ0v) is 12.1. The van der Waals surface area contributed by atoms with Gasteiger partial charge in [0.1, 0.15) is 0 Å². The Morgan fingerprint density at radius 2 is 2.29 bits per heavy atom. The molecular formula is C15H20N2O4. The highest BCUT2D eigenvalue weighted by atomic mass is 16.6. The minimum absolute atomic E-state index is 0.000863. The van der Waals surface area contributed by atoms with Crippen LogP contribution in [0.1, 0.15) is 35.7 Å². The van der Waals surface area contributed by atoms with Crippen LogP contribution in [0.4, 0.5) is 5.69 Å². The molecule has 1 heterocycles. The van der Waals surface area contributed by atoms with Gasteiger partial charge < -0.3 is 10.0 Å². The second kappa shape index (κ2) is 6.67. The topological polar surface area (TPSA) is 83.7 Å². The molecule has 114 valence electrons. The van der Waals surface area contributed by atoms with Crippen LogP contribution in [0.15, 0.2) is 18.2 Å². The molecule has 0 bridgehead atoms. The van der Waals surface area contributed by atoms with Crippen molar-refractivity contribution < 1.29 is 14.8 Å². The van der Waals surface area contributed by atoms with E-state index in [-0.39, 0.29) is 24.1 Å². The van der Waals surface area contributed by atoms with Gasteiger partial charge in [-0.3, -0.25) is 14.9 Å². The predicted molar refractivity (Wildman–Crippen MR) is 78.2 cm³/mol. The minimum atomic E-state index is -0.442. The van der Waals surface area contributed by atoms with Gasteiger partial charge in [0.05, 0.1) is 4.92 Å². The first-order valence-corrected chi connectivity index (χ1v) is 7.24. The van der Waals surface area contributed by atoms with E-state index < -0.39 is 4.92 Å². The maximum atomic E-state index is 12.5. The first kappa shape index (κ1) is 15.4. The molecule has 1 aliphatic rings. The van der Waals surface area contributed by atoms with Gasteiger partial charge in [0.15, 0.2) is 0 Å². The van der Waals surface area contributed by atoms with Gasteiger partial charge in [0.25, 0.3) is 11.6 Å². The number of nitrogens with zero attached hydrogens (tertiary/aromatic N) is 2. The van der Waals surface area contributed by atoms with E-state index in [1.54, 1.807) is 17.0 Å². The van der Waals surface area contributed by atoms with E-state index in [2.05, 4.69) is 0 Å². The molecule has 1 N–H and O–H groups in total. The number of nitro groups is 1. The van der Waals surface area contributed by atoms with Gasteiger partial charge in [-0.15, -0.1) is 0 Å². The third-order valence-corrected chi connectivity index (χ3v) is 3.97. The van der Waals surface area contributed by atoms with E-state index in [0.29, 0.717) is 30.6 Å². The lowest BCUT2D eigenvalue weighted by Crippen LogP contribution is -2.40. The fourth-order valence-corrected chi connectivity index (χ4v) is 2.75. The molecule has 6 heteroatoms. The molecule has 0 saturated carbocycles. The number of hydrogen-bond donors (Lipinski definition) is 1. The molecule has 1 amide bonds. The summed E-state index contributed by atoms with van der Waals surface area (Å²) in [7, 11) is 0. The smallest absolute Gasteiger partial charge is 0.273 e. The Morgan fingerprint density at radius 1 is 1.52 bits per heavy atom. The lowest BCUT2D eigenvalue weighted by atomic mass is 9.98. The number of rotatable bonds is 4. The Balaban J connectivity index is 2.23. The molecular weight excluding hydrogens is 272 g/mol. The summed E-state index contributed by atoms with van der Waals surface area (Å²) in [6.45, 7) is 3.07. The van der Waals surface area contributed by atoms with Gasteiger partial charge >= 0.3 is 0 Å². The number of aliphatic hydroxyl groups excluding tert-OH is 1. The Labute approximate surface area is 123 Å². The highest BCUT2D eigenvalue weighted by Gasteiger charge is 2.25. The Bertz CT molecular complexity index is 544. The minimum Gasteiger partial charge on any atom is -0.396 e. The van der Waals surface area contributed by atoms with Crippen LogP contribution in [0, 0.1) is 16.0 Å². The summed E-state index contributed by atoms with van der Waals surface area (Å²) < 4.78 is 0. The number of piperidine rings is 1. The normalized spacial score (nSPS) is 18.6. The number of aliphatic hydroxyl groups is 1. The first-order chi connectivity index (χ1) is 10.1. The summed E-state index contributed by atoms with van der Waals surface area (Å²) in [5.74, 6) is -0.0912. The van der Waals surface area contributed by atoms with Crippen LogP contribution in [0.5, 0.6) is 0 Å². The number of hydrogen-bond acceptors (Lipinski definition) is 4. The number of carbonyl (C=O) groups is 1. The molecule has 1 unspecified atom stereocenters. The van der Waals surface area contributed by atoms with Gasteiger partial charge in [-0.25, -0.2) is 0 Å². The number of nitro benzene ring substituents is 1. The molecule has 1 fully saturated rings. The monoisotopic (exact) mass is 292 g/mol. The van der Waals surface area contributed by atoms with Crippen LogP contribution >= 0.6 is 0 Å². The largest absolute Gasteiger partial charge is 0.396 e. The molecule has 0 spiro atoms. The van der Waals surface area contributed by atoms with Crippen molar-refractivity contribution in [2.45, 2.75) is 26.2 Å². The van der Waals surface area contributed by atoms with Crippen molar-refractivity contribution in [3.8, 4) is 0 Å². The summed E-state index contributed by atoms with van der Waals surface area (Å²) >= 11 is 0. The summed E-state index contributed by atoms with van der Waals surface area (Å²) in [6.07, 6.45) is 2.32. The third kappa shape index (κ3) is 3.39. The SMILES string of the molecule is CCc1ccc(C(=O)N2CCCC(CO)C2)cc1[N+](=O)[O-]. The maximum absolute atomic E-state index is 12.5. The Kier molecular flexibility index (Phi) is 4.90. The van der Waals surface area contributed by atoms with Gasteiger partial charge in [0, 0.05) is 36.9 Å². The molecule has 2 rings (SSSR count). The predicted octanol–water partition coefficient (Wildman–Crippen LogP) is 2.00. The van der Waals surface area contributed by atoms with Crippen LogP contribution in [-0.2, 0) is 6.42 Å². The lowest BCUT2D eigenvalue weighted by Gasteiger charge is -2.31. The van der Waals surface area contributed by atoms with Crippen molar-refractivity contribution in [1.29, 1.82) is 0 Å². The number of aryl methyl sites for hydroxylation is 1. The molecule has 6 nitrogen and oxygen atoms in total. The van der Waals surface area contributed by atoms with Crippen molar-refractivity contribution in [2.75, 3.05) is 19.7 Å². The molecule has 0 aromatic heterocycles. The Hall–Kier alpha value is -1.95. The summed E-state index contributed by atoms with van der Waals surface area (Å²) in [4.78, 5) is 24.8. The van der Waals surface area contributed by atoms with Gasteiger partial charge in [-0.1, -0.05) is 13.0 Å². The highest BCUT2D eigenvalue weighted by Crippen LogP contribution is 2.23. The van der Waals surface area contributed by atoms with Crippen molar-refractivity contribution in [1.82, 2.24) is 4.90 Å². The number of amides is 1.